The third-order valence-electron chi connectivity index (χ3n) is 6.23. The van der Waals surface area contributed by atoms with Gasteiger partial charge in [-0.25, -0.2) is 4.39 Å². The summed E-state index contributed by atoms with van der Waals surface area (Å²) in [6.07, 6.45) is 0.769. The fraction of sp³-hybridized carbons (Fsp3) is 0.385. The standard InChI is InChI=1S/C26H30FN3O4/c1-4-18(2)30(25(31)21-7-5-6-8-23(21)32-3)17-22-24(19-9-11-20(27)12-10-19)28-34-26(22)29-13-15-33-16-14-29/h5-12,18H,4,13-17H2,1-3H3/t18-/m0/s1. The van der Waals surface area contributed by atoms with Gasteiger partial charge in [-0.15, -0.1) is 0 Å². The number of amides is 1. The molecule has 0 N–H and O–H groups in total. The Morgan fingerprint density at radius 3 is 2.56 bits per heavy atom. The topological polar surface area (TPSA) is 68.0 Å². The molecule has 1 aromatic heterocycles. The van der Waals surface area contributed by atoms with E-state index in [1.165, 1.54) is 12.1 Å². The van der Waals surface area contributed by atoms with E-state index in [1.807, 2.05) is 30.9 Å². The normalized spacial score (nSPS) is 14.6. The van der Waals surface area contributed by atoms with Crippen molar-refractivity contribution >= 4 is 11.8 Å². The minimum absolute atomic E-state index is 0.0501. The maximum absolute atomic E-state index is 13.7. The third-order valence-corrected chi connectivity index (χ3v) is 6.23. The van der Waals surface area contributed by atoms with Gasteiger partial charge in [-0.3, -0.25) is 4.79 Å². The summed E-state index contributed by atoms with van der Waals surface area (Å²) >= 11 is 0. The zero-order chi connectivity index (χ0) is 24.1. The number of benzene rings is 2. The summed E-state index contributed by atoms with van der Waals surface area (Å²) in [5.41, 5.74) is 2.62. The average Bonchev–Trinajstić information content (AvgIpc) is 3.30. The number of methoxy groups -OCH3 is 1. The Morgan fingerprint density at radius 1 is 1.18 bits per heavy atom. The van der Waals surface area contributed by atoms with Crippen LogP contribution in [0.1, 0.15) is 36.2 Å². The number of para-hydroxylation sites is 1. The van der Waals surface area contributed by atoms with Crippen molar-refractivity contribution in [1.29, 1.82) is 0 Å². The Balaban J connectivity index is 1.77. The number of nitrogens with zero attached hydrogens (tertiary/aromatic N) is 3. The first-order chi connectivity index (χ1) is 16.5. The van der Waals surface area contributed by atoms with Crippen LogP contribution >= 0.6 is 0 Å². The third kappa shape index (κ3) is 4.92. The average molecular weight is 468 g/mol. The fourth-order valence-corrected chi connectivity index (χ4v) is 4.09. The molecule has 1 atom stereocenters. The molecule has 1 amide bonds. The van der Waals surface area contributed by atoms with Crippen LogP contribution in [-0.4, -0.2) is 55.4 Å². The van der Waals surface area contributed by atoms with E-state index < -0.39 is 0 Å². The van der Waals surface area contributed by atoms with Crippen molar-refractivity contribution in [3.8, 4) is 17.0 Å². The predicted octanol–water partition coefficient (Wildman–Crippen LogP) is 4.77. The summed E-state index contributed by atoms with van der Waals surface area (Å²) in [5, 5.41) is 4.35. The lowest BCUT2D eigenvalue weighted by atomic mass is 10.0. The molecule has 1 aliphatic rings. The van der Waals surface area contributed by atoms with E-state index in [2.05, 4.69) is 10.1 Å². The number of anilines is 1. The summed E-state index contributed by atoms with van der Waals surface area (Å²) in [6, 6.07) is 13.3. The molecule has 7 nitrogen and oxygen atoms in total. The molecule has 180 valence electrons. The molecule has 1 saturated heterocycles. The highest BCUT2D eigenvalue weighted by atomic mass is 19.1. The molecule has 0 saturated carbocycles. The van der Waals surface area contributed by atoms with Crippen LogP contribution in [0, 0.1) is 5.82 Å². The zero-order valence-electron chi connectivity index (χ0n) is 19.8. The molecular formula is C26H30FN3O4. The van der Waals surface area contributed by atoms with Crippen LogP contribution < -0.4 is 9.64 Å². The van der Waals surface area contributed by atoms with Crippen LogP contribution in [0.25, 0.3) is 11.3 Å². The van der Waals surface area contributed by atoms with Gasteiger partial charge in [-0.2, -0.15) is 0 Å². The number of ether oxygens (including phenoxy) is 2. The van der Waals surface area contributed by atoms with Crippen LogP contribution in [0.2, 0.25) is 0 Å². The summed E-state index contributed by atoms with van der Waals surface area (Å²) in [6.45, 7) is 6.85. The van der Waals surface area contributed by atoms with Crippen molar-refractivity contribution < 1.29 is 23.2 Å². The maximum Gasteiger partial charge on any atom is 0.258 e. The van der Waals surface area contributed by atoms with Gasteiger partial charge in [-0.05, 0) is 49.7 Å². The van der Waals surface area contributed by atoms with Crippen molar-refractivity contribution in [1.82, 2.24) is 10.1 Å². The van der Waals surface area contributed by atoms with Gasteiger partial charge >= 0.3 is 0 Å². The second-order valence-corrected chi connectivity index (χ2v) is 8.31. The Bertz CT molecular complexity index is 1110. The number of carbonyl (C=O) groups excluding carboxylic acids is 1. The van der Waals surface area contributed by atoms with Crippen molar-refractivity contribution in [3.05, 3.63) is 65.5 Å². The van der Waals surface area contributed by atoms with Crippen LogP contribution in [0.5, 0.6) is 5.75 Å². The molecule has 2 heterocycles. The highest BCUT2D eigenvalue weighted by molar-refractivity contribution is 5.97. The summed E-state index contributed by atoms with van der Waals surface area (Å²) in [7, 11) is 1.56. The van der Waals surface area contributed by atoms with Gasteiger partial charge in [0.15, 0.2) is 0 Å². The Morgan fingerprint density at radius 2 is 1.88 bits per heavy atom. The highest BCUT2D eigenvalue weighted by Gasteiger charge is 2.30. The van der Waals surface area contributed by atoms with Crippen LogP contribution in [0.15, 0.2) is 53.1 Å². The lowest BCUT2D eigenvalue weighted by Crippen LogP contribution is -2.40. The van der Waals surface area contributed by atoms with Gasteiger partial charge in [0.05, 0.1) is 38.0 Å². The molecule has 1 fully saturated rings. The van der Waals surface area contributed by atoms with E-state index in [1.54, 1.807) is 31.4 Å². The first kappa shape index (κ1) is 23.8. The molecule has 2 aromatic carbocycles. The number of rotatable bonds is 8. The number of hydrogen-bond donors (Lipinski definition) is 0. The lowest BCUT2D eigenvalue weighted by Gasteiger charge is -2.31. The van der Waals surface area contributed by atoms with Gasteiger partial charge in [0.2, 0.25) is 5.88 Å². The molecule has 3 aromatic rings. The number of carbonyl (C=O) groups is 1. The van der Waals surface area contributed by atoms with Crippen molar-refractivity contribution in [2.45, 2.75) is 32.9 Å². The number of aromatic nitrogens is 1. The van der Waals surface area contributed by atoms with E-state index in [9.17, 15) is 9.18 Å². The van der Waals surface area contributed by atoms with Gasteiger partial charge in [0.1, 0.15) is 17.3 Å². The SMILES string of the molecule is CC[C@H](C)N(Cc1c(-c2ccc(F)cc2)noc1N1CCOCC1)C(=O)c1ccccc1OC. The summed E-state index contributed by atoms with van der Waals surface area (Å²) in [5.74, 6) is 0.683. The monoisotopic (exact) mass is 467 g/mol. The Hall–Kier alpha value is -3.39. The van der Waals surface area contributed by atoms with Gasteiger partial charge in [0.25, 0.3) is 5.91 Å². The van der Waals surface area contributed by atoms with Gasteiger partial charge < -0.3 is 23.8 Å². The van der Waals surface area contributed by atoms with Crippen LogP contribution in [0.4, 0.5) is 10.3 Å². The predicted molar refractivity (Wildman–Crippen MR) is 128 cm³/mol. The first-order valence-corrected chi connectivity index (χ1v) is 11.5. The Labute approximate surface area is 199 Å². The molecule has 0 aliphatic carbocycles. The molecule has 0 unspecified atom stereocenters. The van der Waals surface area contributed by atoms with Crippen LogP contribution in [-0.2, 0) is 11.3 Å². The van der Waals surface area contributed by atoms with Crippen molar-refractivity contribution in [2.24, 2.45) is 0 Å². The van der Waals surface area contributed by atoms with E-state index in [0.29, 0.717) is 49.2 Å². The largest absolute Gasteiger partial charge is 0.496 e. The van der Waals surface area contributed by atoms with Gasteiger partial charge in [-0.1, -0.05) is 24.2 Å². The van der Waals surface area contributed by atoms with Gasteiger partial charge in [0, 0.05) is 24.7 Å². The molecule has 8 heteroatoms. The maximum atomic E-state index is 13.7. The molecule has 4 rings (SSSR count). The molecule has 34 heavy (non-hydrogen) atoms. The number of halogens is 1. The number of hydrogen-bond acceptors (Lipinski definition) is 6. The quantitative estimate of drug-likeness (QED) is 0.476. The zero-order valence-corrected chi connectivity index (χ0v) is 19.8. The number of morpholine rings is 1. The first-order valence-electron chi connectivity index (χ1n) is 11.5. The van der Waals surface area contributed by atoms with E-state index >= 15 is 0 Å². The molecule has 0 radical (unpaired) electrons. The molecule has 0 bridgehead atoms. The fourth-order valence-electron chi connectivity index (χ4n) is 4.09. The summed E-state index contributed by atoms with van der Waals surface area (Å²) in [4.78, 5) is 17.6. The second kappa shape index (κ2) is 10.7. The van der Waals surface area contributed by atoms with E-state index in [-0.39, 0.29) is 24.3 Å². The lowest BCUT2D eigenvalue weighted by molar-refractivity contribution is 0.0668. The minimum Gasteiger partial charge on any atom is -0.496 e. The van der Waals surface area contributed by atoms with Crippen molar-refractivity contribution in [3.63, 3.8) is 0 Å². The smallest absolute Gasteiger partial charge is 0.258 e. The summed E-state index contributed by atoms with van der Waals surface area (Å²) < 4.78 is 30.4. The van der Waals surface area contributed by atoms with Crippen molar-refractivity contribution in [2.75, 3.05) is 38.3 Å². The minimum atomic E-state index is -0.324. The molecular weight excluding hydrogens is 437 g/mol. The van der Waals surface area contributed by atoms with E-state index in [0.717, 1.165) is 17.5 Å². The second-order valence-electron chi connectivity index (χ2n) is 8.31. The highest BCUT2D eigenvalue weighted by Crippen LogP contribution is 2.34. The van der Waals surface area contributed by atoms with E-state index in [4.69, 9.17) is 14.0 Å². The Kier molecular flexibility index (Phi) is 7.47. The molecule has 0 spiro atoms. The van der Waals surface area contributed by atoms with Crippen LogP contribution in [0.3, 0.4) is 0 Å². The molecule has 1 aliphatic heterocycles.